The van der Waals surface area contributed by atoms with E-state index in [-0.39, 0.29) is 22.4 Å². The maximum atomic E-state index is 13.7. The van der Waals surface area contributed by atoms with Crippen LogP contribution in [0.2, 0.25) is 0 Å². The summed E-state index contributed by atoms with van der Waals surface area (Å²) in [5, 5.41) is 2.71. The van der Waals surface area contributed by atoms with Crippen molar-refractivity contribution in [3.05, 3.63) is 70.4 Å². The molecule has 1 N–H and O–H groups in total. The first-order valence-electron chi connectivity index (χ1n) is 7.35. The average Bonchev–Trinajstić information content (AvgIpc) is 2.83. The summed E-state index contributed by atoms with van der Waals surface area (Å²) in [6.45, 7) is 2.01. The van der Waals surface area contributed by atoms with Crippen LogP contribution in [0.5, 0.6) is 0 Å². The van der Waals surface area contributed by atoms with Crippen molar-refractivity contribution in [3.8, 4) is 0 Å². The van der Waals surface area contributed by atoms with Gasteiger partial charge in [-0.15, -0.1) is 0 Å². The van der Waals surface area contributed by atoms with Crippen molar-refractivity contribution in [2.45, 2.75) is 6.92 Å². The van der Waals surface area contributed by atoms with Crippen molar-refractivity contribution in [2.24, 2.45) is 0 Å². The second-order valence-electron chi connectivity index (χ2n) is 5.28. The van der Waals surface area contributed by atoms with Gasteiger partial charge in [0.15, 0.2) is 0 Å². The van der Waals surface area contributed by atoms with Gasteiger partial charge in [0.05, 0.1) is 11.6 Å². The first-order chi connectivity index (χ1) is 11.6. The fourth-order valence-corrected chi connectivity index (χ4v) is 3.13. The summed E-state index contributed by atoms with van der Waals surface area (Å²) in [5.74, 6) is -0.850. The van der Waals surface area contributed by atoms with Gasteiger partial charge >= 0.3 is 0 Å². The highest BCUT2D eigenvalue weighted by Crippen LogP contribution is 2.32. The minimum absolute atomic E-state index is 0.0735. The van der Waals surface area contributed by atoms with Gasteiger partial charge in [-0.2, -0.15) is 0 Å². The SMILES string of the molecule is Cc1ccccc1NCN1C(=O)SC(=Cc2ccccc2F)C1=O. The molecule has 1 aliphatic rings. The van der Waals surface area contributed by atoms with Crippen LogP contribution in [-0.2, 0) is 4.79 Å². The number of thioether (sulfide) groups is 1. The van der Waals surface area contributed by atoms with Crippen LogP contribution in [0.15, 0.2) is 53.4 Å². The molecule has 0 spiro atoms. The van der Waals surface area contributed by atoms with Crippen LogP contribution in [0.3, 0.4) is 0 Å². The summed E-state index contributed by atoms with van der Waals surface area (Å²) < 4.78 is 13.7. The number of nitrogens with zero attached hydrogens (tertiary/aromatic N) is 1. The van der Waals surface area contributed by atoms with E-state index in [1.165, 1.54) is 12.1 Å². The van der Waals surface area contributed by atoms with Crippen molar-refractivity contribution < 1.29 is 14.0 Å². The molecule has 0 aromatic heterocycles. The third kappa shape index (κ3) is 3.33. The third-order valence-electron chi connectivity index (χ3n) is 3.64. The molecule has 1 heterocycles. The minimum atomic E-state index is -0.428. The lowest BCUT2D eigenvalue weighted by atomic mass is 10.2. The Bertz CT molecular complexity index is 835. The number of rotatable bonds is 4. The molecule has 2 aromatic rings. The fourth-order valence-electron chi connectivity index (χ4n) is 2.31. The van der Waals surface area contributed by atoms with Crippen molar-refractivity contribution in [2.75, 3.05) is 12.0 Å². The molecular weight excluding hydrogens is 327 g/mol. The lowest BCUT2D eigenvalue weighted by Crippen LogP contribution is -2.33. The van der Waals surface area contributed by atoms with Crippen LogP contribution < -0.4 is 5.32 Å². The Morgan fingerprint density at radius 1 is 1.12 bits per heavy atom. The zero-order valence-corrected chi connectivity index (χ0v) is 13.8. The molecule has 0 atom stereocenters. The van der Waals surface area contributed by atoms with E-state index in [0.717, 1.165) is 27.9 Å². The van der Waals surface area contributed by atoms with Gasteiger partial charge < -0.3 is 5.32 Å². The molecule has 0 radical (unpaired) electrons. The Labute approximate surface area is 143 Å². The van der Waals surface area contributed by atoms with Crippen molar-refractivity contribution in [1.29, 1.82) is 0 Å². The molecule has 0 saturated carbocycles. The molecule has 0 unspecified atom stereocenters. The first-order valence-corrected chi connectivity index (χ1v) is 8.17. The molecule has 4 nitrogen and oxygen atoms in total. The van der Waals surface area contributed by atoms with Gasteiger partial charge in [-0.05, 0) is 42.5 Å². The molecule has 1 fully saturated rings. The molecule has 2 amide bonds. The Morgan fingerprint density at radius 2 is 1.83 bits per heavy atom. The number of imide groups is 1. The molecule has 6 heteroatoms. The Hall–Kier alpha value is -2.60. The third-order valence-corrected chi connectivity index (χ3v) is 4.55. The maximum absolute atomic E-state index is 13.7. The molecule has 3 rings (SSSR count). The number of carbonyl (C=O) groups is 2. The van der Waals surface area contributed by atoms with E-state index in [1.807, 2.05) is 31.2 Å². The number of halogens is 1. The summed E-state index contributed by atoms with van der Waals surface area (Å²) in [4.78, 5) is 25.8. The number of benzene rings is 2. The Balaban J connectivity index is 1.75. The van der Waals surface area contributed by atoms with Gasteiger partial charge in [0, 0.05) is 11.3 Å². The van der Waals surface area contributed by atoms with E-state index in [9.17, 15) is 14.0 Å². The van der Waals surface area contributed by atoms with E-state index >= 15 is 0 Å². The highest BCUT2D eigenvalue weighted by atomic mass is 32.2. The Kier molecular flexibility index (Phi) is 4.66. The van der Waals surface area contributed by atoms with Gasteiger partial charge in [-0.1, -0.05) is 36.4 Å². The molecule has 0 aliphatic carbocycles. The van der Waals surface area contributed by atoms with Gasteiger partial charge in [-0.25, -0.2) is 4.39 Å². The average molecular weight is 342 g/mol. The topological polar surface area (TPSA) is 49.4 Å². The molecule has 122 valence electrons. The highest BCUT2D eigenvalue weighted by Gasteiger charge is 2.35. The van der Waals surface area contributed by atoms with Gasteiger partial charge in [-0.3, -0.25) is 14.5 Å². The number of nitrogens with one attached hydrogen (secondary N) is 1. The number of hydrogen-bond donors (Lipinski definition) is 1. The molecule has 24 heavy (non-hydrogen) atoms. The summed E-state index contributed by atoms with van der Waals surface area (Å²) >= 11 is 0.817. The van der Waals surface area contributed by atoms with Crippen LogP contribution >= 0.6 is 11.8 Å². The number of para-hydroxylation sites is 1. The van der Waals surface area contributed by atoms with Gasteiger partial charge in [0.1, 0.15) is 5.82 Å². The van der Waals surface area contributed by atoms with Crippen molar-refractivity contribution in [1.82, 2.24) is 4.90 Å². The van der Waals surface area contributed by atoms with Crippen molar-refractivity contribution >= 4 is 34.7 Å². The lowest BCUT2D eigenvalue weighted by molar-refractivity contribution is -0.122. The molecule has 0 bridgehead atoms. The maximum Gasteiger partial charge on any atom is 0.295 e. The monoisotopic (exact) mass is 342 g/mol. The number of amides is 2. The number of aryl methyl sites for hydroxylation is 1. The standard InChI is InChI=1S/C18H15FN2O2S/c1-12-6-2-5-9-15(12)20-11-21-17(22)16(24-18(21)23)10-13-7-3-4-8-14(13)19/h2-10,20H,11H2,1H3. The first kappa shape index (κ1) is 16.3. The van der Waals surface area contributed by atoms with Crippen molar-refractivity contribution in [3.63, 3.8) is 0 Å². The summed E-state index contributed by atoms with van der Waals surface area (Å²) in [7, 11) is 0. The lowest BCUT2D eigenvalue weighted by Gasteiger charge is -2.15. The zero-order valence-electron chi connectivity index (χ0n) is 13.0. The predicted octanol–water partition coefficient (Wildman–Crippen LogP) is 4.24. The zero-order chi connectivity index (χ0) is 17.1. The molecule has 2 aromatic carbocycles. The molecular formula is C18H15FN2O2S. The Morgan fingerprint density at radius 3 is 2.58 bits per heavy atom. The summed E-state index contributed by atoms with van der Waals surface area (Å²) in [6, 6.07) is 13.7. The van der Waals surface area contributed by atoms with Gasteiger partial charge in [0.25, 0.3) is 11.1 Å². The highest BCUT2D eigenvalue weighted by molar-refractivity contribution is 8.18. The molecule has 1 saturated heterocycles. The second kappa shape index (κ2) is 6.88. The quantitative estimate of drug-likeness (QED) is 0.845. The largest absolute Gasteiger partial charge is 0.367 e. The molecule has 1 aliphatic heterocycles. The van der Waals surface area contributed by atoms with E-state index in [1.54, 1.807) is 18.2 Å². The van der Waals surface area contributed by atoms with Crippen LogP contribution in [0.25, 0.3) is 6.08 Å². The normalized spacial score (nSPS) is 16.1. The van der Waals surface area contributed by atoms with E-state index in [2.05, 4.69) is 5.32 Å². The van der Waals surface area contributed by atoms with Crippen LogP contribution in [0.4, 0.5) is 14.9 Å². The summed E-state index contributed by atoms with van der Waals surface area (Å²) in [6.07, 6.45) is 1.41. The summed E-state index contributed by atoms with van der Waals surface area (Å²) in [5.41, 5.74) is 2.16. The minimum Gasteiger partial charge on any atom is -0.367 e. The van der Waals surface area contributed by atoms with Crippen LogP contribution in [-0.4, -0.2) is 22.7 Å². The van der Waals surface area contributed by atoms with Gasteiger partial charge in [0.2, 0.25) is 0 Å². The fraction of sp³-hybridized carbons (Fsp3) is 0.111. The van der Waals surface area contributed by atoms with Crippen LogP contribution in [0, 0.1) is 12.7 Å². The predicted molar refractivity (Wildman–Crippen MR) is 93.9 cm³/mol. The second-order valence-corrected chi connectivity index (χ2v) is 6.27. The number of hydrogen-bond acceptors (Lipinski definition) is 4. The van der Waals surface area contributed by atoms with E-state index in [0.29, 0.717) is 0 Å². The number of carbonyl (C=O) groups excluding carboxylic acids is 2. The van der Waals surface area contributed by atoms with Crippen LogP contribution in [0.1, 0.15) is 11.1 Å². The number of anilines is 1. The van der Waals surface area contributed by atoms with E-state index < -0.39 is 11.7 Å². The van der Waals surface area contributed by atoms with E-state index in [4.69, 9.17) is 0 Å². The smallest absolute Gasteiger partial charge is 0.295 e.